The van der Waals surface area contributed by atoms with Crippen LogP contribution in [0.25, 0.3) is 0 Å². The van der Waals surface area contributed by atoms with E-state index in [-0.39, 0.29) is 12.5 Å². The fourth-order valence-corrected chi connectivity index (χ4v) is 2.94. The number of hydrogen-bond donors (Lipinski definition) is 1. The van der Waals surface area contributed by atoms with E-state index in [2.05, 4.69) is 15.2 Å². The number of ether oxygens (including phenoxy) is 1. The summed E-state index contributed by atoms with van der Waals surface area (Å²) in [5.74, 6) is -0.0862. The molecule has 1 aromatic carbocycles. The molecule has 8 heteroatoms. The normalized spacial score (nSPS) is 13.8. The van der Waals surface area contributed by atoms with Crippen molar-refractivity contribution in [2.45, 2.75) is 6.92 Å². The lowest BCUT2D eigenvalue weighted by molar-refractivity contribution is -0.118. The Hall–Kier alpha value is -3.42. The summed E-state index contributed by atoms with van der Waals surface area (Å²) >= 11 is 0. The first kappa shape index (κ1) is 19.3. The van der Waals surface area contributed by atoms with Crippen LogP contribution in [0.2, 0.25) is 0 Å². The van der Waals surface area contributed by atoms with Crippen LogP contribution in [0.4, 0.5) is 11.5 Å². The number of para-hydroxylation sites is 1. The molecule has 2 aromatic rings. The average molecular weight is 382 g/mol. The Balaban J connectivity index is 1.67. The number of amides is 2. The van der Waals surface area contributed by atoms with E-state index in [9.17, 15) is 14.4 Å². The fraction of sp³-hybridized carbons (Fsp3) is 0.300. The maximum atomic E-state index is 12.6. The predicted molar refractivity (Wildman–Crippen MR) is 104 cm³/mol. The van der Waals surface area contributed by atoms with Gasteiger partial charge >= 0.3 is 5.97 Å². The van der Waals surface area contributed by atoms with Gasteiger partial charge in [0.2, 0.25) is 6.41 Å². The van der Waals surface area contributed by atoms with Gasteiger partial charge < -0.3 is 19.9 Å². The fourth-order valence-electron chi connectivity index (χ4n) is 2.94. The van der Waals surface area contributed by atoms with Crippen LogP contribution in [0.5, 0.6) is 0 Å². The zero-order chi connectivity index (χ0) is 19.9. The number of hydrogen-bond acceptors (Lipinski definition) is 6. The van der Waals surface area contributed by atoms with E-state index in [1.54, 1.807) is 48.2 Å². The Morgan fingerprint density at radius 1 is 1.14 bits per heavy atom. The third-order valence-electron chi connectivity index (χ3n) is 4.47. The topological polar surface area (TPSA) is 91.8 Å². The quantitative estimate of drug-likeness (QED) is 0.605. The summed E-state index contributed by atoms with van der Waals surface area (Å²) < 4.78 is 5.02. The van der Waals surface area contributed by atoms with Gasteiger partial charge in [0.1, 0.15) is 5.82 Å². The Labute approximate surface area is 163 Å². The van der Waals surface area contributed by atoms with Gasteiger partial charge in [0.15, 0.2) is 0 Å². The first-order valence-corrected chi connectivity index (χ1v) is 9.10. The standard InChI is InChI=1S/C20H22N4O4/c1-2-28-20(27)16-5-3-4-6-17(16)22-19(26)15-7-8-18(21-13-15)24-11-9-23(14-25)10-12-24/h3-8,13-14H,2,9-12H2,1H3,(H,22,26). The minimum atomic E-state index is -0.485. The molecule has 0 saturated carbocycles. The largest absolute Gasteiger partial charge is 0.462 e. The summed E-state index contributed by atoms with van der Waals surface area (Å²) in [5, 5.41) is 2.74. The predicted octanol–water partition coefficient (Wildman–Crippen LogP) is 1.79. The van der Waals surface area contributed by atoms with Crippen LogP contribution in [-0.2, 0) is 9.53 Å². The molecule has 1 aliphatic rings. The second-order valence-corrected chi connectivity index (χ2v) is 6.25. The van der Waals surface area contributed by atoms with Crippen molar-refractivity contribution in [2.24, 2.45) is 0 Å². The van der Waals surface area contributed by atoms with Gasteiger partial charge in [-0.05, 0) is 31.2 Å². The Kier molecular flexibility index (Phi) is 6.21. The number of carbonyl (C=O) groups excluding carboxylic acids is 3. The van der Waals surface area contributed by atoms with Gasteiger partial charge in [0.25, 0.3) is 5.91 Å². The van der Waals surface area contributed by atoms with Crippen molar-refractivity contribution in [3.05, 3.63) is 53.7 Å². The first-order valence-electron chi connectivity index (χ1n) is 9.10. The molecule has 1 aromatic heterocycles. The minimum Gasteiger partial charge on any atom is -0.462 e. The van der Waals surface area contributed by atoms with Gasteiger partial charge in [-0.2, -0.15) is 0 Å². The molecular weight excluding hydrogens is 360 g/mol. The monoisotopic (exact) mass is 382 g/mol. The molecule has 28 heavy (non-hydrogen) atoms. The summed E-state index contributed by atoms with van der Waals surface area (Å²) in [7, 11) is 0. The van der Waals surface area contributed by atoms with Gasteiger partial charge in [-0.3, -0.25) is 9.59 Å². The maximum Gasteiger partial charge on any atom is 0.340 e. The Morgan fingerprint density at radius 2 is 1.89 bits per heavy atom. The van der Waals surface area contributed by atoms with Crippen LogP contribution in [0.3, 0.4) is 0 Å². The van der Waals surface area contributed by atoms with Gasteiger partial charge in [0, 0.05) is 32.4 Å². The van der Waals surface area contributed by atoms with E-state index in [1.807, 2.05) is 0 Å². The molecule has 3 rings (SSSR count). The molecule has 0 atom stereocenters. The molecule has 1 N–H and O–H groups in total. The smallest absolute Gasteiger partial charge is 0.340 e. The zero-order valence-corrected chi connectivity index (χ0v) is 15.6. The van der Waals surface area contributed by atoms with Gasteiger partial charge in [0.05, 0.1) is 23.4 Å². The Morgan fingerprint density at radius 3 is 2.54 bits per heavy atom. The number of nitrogens with zero attached hydrogens (tertiary/aromatic N) is 3. The molecule has 1 aliphatic heterocycles. The molecule has 2 heterocycles. The van der Waals surface area contributed by atoms with E-state index in [1.165, 1.54) is 6.20 Å². The SMILES string of the molecule is CCOC(=O)c1ccccc1NC(=O)c1ccc(N2CCN(C=O)CC2)nc1. The molecule has 1 saturated heterocycles. The van der Waals surface area contributed by atoms with Crippen LogP contribution in [-0.4, -0.2) is 61.0 Å². The number of pyridine rings is 1. The van der Waals surface area contributed by atoms with E-state index >= 15 is 0 Å². The van der Waals surface area contributed by atoms with E-state index < -0.39 is 5.97 Å². The van der Waals surface area contributed by atoms with E-state index in [4.69, 9.17) is 4.74 Å². The van der Waals surface area contributed by atoms with Crippen LogP contribution in [0, 0.1) is 0 Å². The van der Waals surface area contributed by atoms with E-state index in [0.29, 0.717) is 43.0 Å². The van der Waals surface area contributed by atoms with Crippen molar-refractivity contribution in [3.63, 3.8) is 0 Å². The molecule has 2 amide bonds. The molecule has 8 nitrogen and oxygen atoms in total. The highest BCUT2D eigenvalue weighted by Gasteiger charge is 2.18. The van der Waals surface area contributed by atoms with Gasteiger partial charge in [-0.1, -0.05) is 12.1 Å². The lowest BCUT2D eigenvalue weighted by Crippen LogP contribution is -2.46. The zero-order valence-electron chi connectivity index (χ0n) is 15.6. The molecule has 0 radical (unpaired) electrons. The number of aromatic nitrogens is 1. The van der Waals surface area contributed by atoms with Crippen LogP contribution in [0.15, 0.2) is 42.6 Å². The highest BCUT2D eigenvalue weighted by atomic mass is 16.5. The number of benzene rings is 1. The third kappa shape index (κ3) is 4.46. The lowest BCUT2D eigenvalue weighted by atomic mass is 10.1. The lowest BCUT2D eigenvalue weighted by Gasteiger charge is -2.33. The second kappa shape index (κ2) is 8.98. The first-order chi connectivity index (χ1) is 13.6. The summed E-state index contributed by atoms with van der Waals surface area (Å²) in [6, 6.07) is 10.2. The summed E-state index contributed by atoms with van der Waals surface area (Å²) in [6.45, 7) is 4.68. The number of rotatable bonds is 6. The number of carbonyl (C=O) groups is 3. The molecule has 0 aliphatic carbocycles. The van der Waals surface area contributed by atoms with Crippen molar-refractivity contribution in [1.29, 1.82) is 0 Å². The number of esters is 1. The maximum absolute atomic E-state index is 12.6. The molecule has 146 valence electrons. The highest BCUT2D eigenvalue weighted by molar-refractivity contribution is 6.07. The third-order valence-corrected chi connectivity index (χ3v) is 4.47. The van der Waals surface area contributed by atoms with Crippen molar-refractivity contribution >= 4 is 29.8 Å². The van der Waals surface area contributed by atoms with Crippen molar-refractivity contribution < 1.29 is 19.1 Å². The van der Waals surface area contributed by atoms with E-state index in [0.717, 1.165) is 12.2 Å². The highest BCUT2D eigenvalue weighted by Crippen LogP contribution is 2.18. The Bertz CT molecular complexity index is 846. The van der Waals surface area contributed by atoms with Crippen molar-refractivity contribution in [2.75, 3.05) is 43.0 Å². The summed E-state index contributed by atoms with van der Waals surface area (Å²) in [6.07, 6.45) is 2.36. The van der Waals surface area contributed by atoms with Gasteiger partial charge in [-0.15, -0.1) is 0 Å². The molecule has 0 spiro atoms. The average Bonchev–Trinajstić information content (AvgIpc) is 2.74. The van der Waals surface area contributed by atoms with Crippen molar-refractivity contribution in [3.8, 4) is 0 Å². The summed E-state index contributed by atoms with van der Waals surface area (Å²) in [5.41, 5.74) is 1.07. The van der Waals surface area contributed by atoms with Crippen LogP contribution in [0.1, 0.15) is 27.6 Å². The minimum absolute atomic E-state index is 0.258. The van der Waals surface area contributed by atoms with Crippen LogP contribution < -0.4 is 10.2 Å². The number of nitrogens with one attached hydrogen (secondary N) is 1. The van der Waals surface area contributed by atoms with Gasteiger partial charge in [-0.25, -0.2) is 9.78 Å². The molecular formula is C20H22N4O4. The molecule has 1 fully saturated rings. The molecule has 0 unspecified atom stereocenters. The van der Waals surface area contributed by atoms with Crippen molar-refractivity contribution in [1.82, 2.24) is 9.88 Å². The second-order valence-electron chi connectivity index (χ2n) is 6.25. The number of piperazine rings is 1. The summed E-state index contributed by atoms with van der Waals surface area (Å²) in [4.78, 5) is 43.5. The van der Waals surface area contributed by atoms with Crippen LogP contribution >= 0.6 is 0 Å². The number of anilines is 2. The molecule has 0 bridgehead atoms.